The van der Waals surface area contributed by atoms with Gasteiger partial charge in [0, 0.05) is 0 Å². The SMILES string of the molecule is Cc1cc(-c2cc(C)c(OCC(O)COc3c(C)cc(-c4cc(C)c(CO)c(C)c4)cc3C)c(C)c2)cc(C)c1C. The second kappa shape index (κ2) is 12.5. The van der Waals surface area contributed by atoms with E-state index in [1.54, 1.807) is 0 Å². The van der Waals surface area contributed by atoms with E-state index >= 15 is 0 Å². The van der Waals surface area contributed by atoms with Gasteiger partial charge in [-0.1, -0.05) is 24.3 Å². The molecule has 4 nitrogen and oxygen atoms in total. The summed E-state index contributed by atoms with van der Waals surface area (Å²) in [5.41, 5.74) is 15.8. The smallest absolute Gasteiger partial charge is 0.125 e. The first-order valence-electron chi connectivity index (χ1n) is 14.3. The van der Waals surface area contributed by atoms with Crippen molar-refractivity contribution in [3.63, 3.8) is 0 Å². The van der Waals surface area contributed by atoms with Crippen LogP contribution in [-0.2, 0) is 6.61 Å². The van der Waals surface area contributed by atoms with Crippen LogP contribution in [0, 0.1) is 62.3 Å². The highest BCUT2D eigenvalue weighted by Gasteiger charge is 2.15. The van der Waals surface area contributed by atoms with Gasteiger partial charge in [0.05, 0.1) is 6.61 Å². The zero-order valence-corrected chi connectivity index (χ0v) is 26.0. The molecule has 2 N–H and O–H groups in total. The van der Waals surface area contributed by atoms with Crippen molar-refractivity contribution in [1.29, 1.82) is 0 Å². The maximum Gasteiger partial charge on any atom is 0.125 e. The van der Waals surface area contributed by atoms with Crippen LogP contribution in [0.4, 0.5) is 0 Å². The van der Waals surface area contributed by atoms with Crippen LogP contribution in [0.3, 0.4) is 0 Å². The highest BCUT2D eigenvalue weighted by Crippen LogP contribution is 2.34. The number of aryl methyl sites for hydroxylation is 8. The summed E-state index contributed by atoms with van der Waals surface area (Å²) in [4.78, 5) is 0. The zero-order valence-electron chi connectivity index (χ0n) is 26.0. The molecule has 4 heteroatoms. The van der Waals surface area contributed by atoms with Crippen LogP contribution < -0.4 is 9.47 Å². The molecule has 1 atom stereocenters. The molecular formula is C37H44O4. The Balaban J connectivity index is 1.42. The highest BCUT2D eigenvalue weighted by atomic mass is 16.5. The van der Waals surface area contributed by atoms with Crippen molar-refractivity contribution in [3.05, 3.63) is 104 Å². The van der Waals surface area contributed by atoms with Crippen molar-refractivity contribution in [2.45, 2.75) is 75.0 Å². The minimum absolute atomic E-state index is 0.0478. The standard InChI is InChI=1S/C37H44O4/c1-21-10-30(11-22(2)29(21)9)32-14-25(5)36(26(6)15-32)40-19-34(39)20-41-37-27(7)16-33(17-28(37)8)31-12-23(3)35(18-38)24(4)13-31/h10-17,34,38-39H,18-20H2,1-9H3. The summed E-state index contributed by atoms with van der Waals surface area (Å²) in [6.07, 6.45) is -0.773. The first-order valence-corrected chi connectivity index (χ1v) is 14.3. The molecule has 0 saturated carbocycles. The van der Waals surface area contributed by atoms with Gasteiger partial charge >= 0.3 is 0 Å². The molecule has 1 unspecified atom stereocenters. The predicted octanol–water partition coefficient (Wildman–Crippen LogP) is 8.11. The zero-order chi connectivity index (χ0) is 30.0. The Morgan fingerprint density at radius 3 is 1.10 bits per heavy atom. The molecule has 0 bridgehead atoms. The maximum atomic E-state index is 10.7. The first kappa shape index (κ1) is 30.4. The molecule has 0 aliphatic rings. The first-order chi connectivity index (χ1) is 19.4. The van der Waals surface area contributed by atoms with Gasteiger partial charge in [-0.2, -0.15) is 0 Å². The monoisotopic (exact) mass is 552 g/mol. The molecular weight excluding hydrogens is 508 g/mol. The second-order valence-electron chi connectivity index (χ2n) is 11.6. The van der Waals surface area contributed by atoms with Gasteiger partial charge < -0.3 is 19.7 Å². The van der Waals surface area contributed by atoms with E-state index in [2.05, 4.69) is 83.1 Å². The second-order valence-corrected chi connectivity index (χ2v) is 11.6. The maximum absolute atomic E-state index is 10.7. The molecule has 0 aromatic heterocycles. The van der Waals surface area contributed by atoms with Gasteiger partial charge in [-0.25, -0.2) is 0 Å². The van der Waals surface area contributed by atoms with E-state index in [0.717, 1.165) is 61.6 Å². The summed E-state index contributed by atoms with van der Waals surface area (Å²) in [7, 11) is 0. The number of hydrogen-bond donors (Lipinski definition) is 2. The van der Waals surface area contributed by atoms with Crippen molar-refractivity contribution in [2.75, 3.05) is 13.2 Å². The van der Waals surface area contributed by atoms with Crippen LogP contribution in [0.1, 0.15) is 55.6 Å². The van der Waals surface area contributed by atoms with Crippen molar-refractivity contribution in [3.8, 4) is 33.8 Å². The molecule has 4 aromatic carbocycles. The van der Waals surface area contributed by atoms with E-state index in [1.165, 1.54) is 27.8 Å². The number of benzene rings is 4. The number of aliphatic hydroxyl groups is 2. The van der Waals surface area contributed by atoms with E-state index < -0.39 is 6.10 Å². The van der Waals surface area contributed by atoms with Crippen LogP contribution in [0.25, 0.3) is 22.3 Å². The van der Waals surface area contributed by atoms with Crippen molar-refractivity contribution in [1.82, 2.24) is 0 Å². The van der Waals surface area contributed by atoms with E-state index in [4.69, 9.17) is 9.47 Å². The summed E-state index contributed by atoms with van der Waals surface area (Å²) in [6, 6.07) is 17.3. The van der Waals surface area contributed by atoms with Gasteiger partial charge in [0.25, 0.3) is 0 Å². The lowest BCUT2D eigenvalue weighted by Crippen LogP contribution is -2.25. The van der Waals surface area contributed by atoms with Crippen molar-refractivity contribution in [2.24, 2.45) is 0 Å². The summed E-state index contributed by atoms with van der Waals surface area (Å²) in [6.45, 7) is 19.0. The quantitative estimate of drug-likeness (QED) is 0.220. The molecule has 41 heavy (non-hydrogen) atoms. The molecule has 4 aromatic rings. The number of aliphatic hydroxyl groups excluding tert-OH is 2. The molecule has 0 saturated heterocycles. The fraction of sp³-hybridized carbons (Fsp3) is 0.351. The van der Waals surface area contributed by atoms with Crippen LogP contribution in [0.5, 0.6) is 11.5 Å². The third kappa shape index (κ3) is 6.66. The predicted molar refractivity (Wildman–Crippen MR) is 169 cm³/mol. The molecule has 0 aliphatic heterocycles. The lowest BCUT2D eigenvalue weighted by atomic mass is 9.94. The summed E-state index contributed by atoms with van der Waals surface area (Å²) in [5.74, 6) is 1.59. The van der Waals surface area contributed by atoms with E-state index in [1.807, 2.05) is 27.7 Å². The molecule has 0 radical (unpaired) electrons. The molecule has 0 heterocycles. The molecule has 0 spiro atoms. The third-order valence-electron chi connectivity index (χ3n) is 8.21. The van der Waals surface area contributed by atoms with Gasteiger partial charge in [0.15, 0.2) is 0 Å². The topological polar surface area (TPSA) is 58.9 Å². The normalized spacial score (nSPS) is 12.0. The minimum atomic E-state index is -0.773. The lowest BCUT2D eigenvalue weighted by molar-refractivity contribution is 0.0617. The van der Waals surface area contributed by atoms with Gasteiger partial charge in [-0.15, -0.1) is 0 Å². The van der Waals surface area contributed by atoms with Crippen molar-refractivity contribution < 1.29 is 19.7 Å². The summed E-state index contributed by atoms with van der Waals surface area (Å²) >= 11 is 0. The molecule has 0 fully saturated rings. The number of ether oxygens (including phenoxy) is 2. The van der Waals surface area contributed by atoms with Crippen LogP contribution >= 0.6 is 0 Å². The van der Waals surface area contributed by atoms with Crippen LogP contribution in [-0.4, -0.2) is 29.5 Å². The van der Waals surface area contributed by atoms with E-state index in [0.29, 0.717) is 0 Å². The van der Waals surface area contributed by atoms with E-state index in [-0.39, 0.29) is 19.8 Å². The largest absolute Gasteiger partial charge is 0.490 e. The Hall–Kier alpha value is -3.60. The van der Waals surface area contributed by atoms with Gasteiger partial charge in [-0.3, -0.25) is 0 Å². The Bertz CT molecular complexity index is 1490. The Kier molecular flexibility index (Phi) is 9.26. The lowest BCUT2D eigenvalue weighted by Gasteiger charge is -2.19. The summed E-state index contributed by atoms with van der Waals surface area (Å²) in [5, 5.41) is 20.4. The third-order valence-corrected chi connectivity index (χ3v) is 8.21. The van der Waals surface area contributed by atoms with E-state index in [9.17, 15) is 10.2 Å². The fourth-order valence-electron chi connectivity index (χ4n) is 5.71. The average molecular weight is 553 g/mol. The van der Waals surface area contributed by atoms with Crippen LogP contribution in [0.15, 0.2) is 48.5 Å². The Labute approximate surface area is 245 Å². The average Bonchev–Trinajstić information content (AvgIpc) is 2.90. The van der Waals surface area contributed by atoms with Gasteiger partial charge in [0.1, 0.15) is 30.8 Å². The molecule has 0 aliphatic carbocycles. The minimum Gasteiger partial charge on any atom is -0.490 e. The summed E-state index contributed by atoms with van der Waals surface area (Å²) < 4.78 is 12.2. The fourth-order valence-corrected chi connectivity index (χ4v) is 5.71. The number of hydrogen-bond acceptors (Lipinski definition) is 4. The highest BCUT2D eigenvalue weighted by molar-refractivity contribution is 5.70. The van der Waals surface area contributed by atoms with Gasteiger partial charge in [0.2, 0.25) is 0 Å². The van der Waals surface area contributed by atoms with Crippen molar-refractivity contribution >= 4 is 0 Å². The Morgan fingerprint density at radius 1 is 0.488 bits per heavy atom. The molecule has 216 valence electrons. The number of rotatable bonds is 9. The van der Waals surface area contributed by atoms with Gasteiger partial charge in [-0.05, 0) is 164 Å². The molecule has 0 amide bonds. The Morgan fingerprint density at radius 2 is 0.780 bits per heavy atom. The van der Waals surface area contributed by atoms with Crippen LogP contribution in [0.2, 0.25) is 0 Å². The molecule has 4 rings (SSSR count).